The second kappa shape index (κ2) is 15.0. The normalized spacial score (nSPS) is 11.5. The number of hydrogen-bond acceptors (Lipinski definition) is 2. The minimum absolute atomic E-state index is 1.09. The second-order valence-corrected chi connectivity index (χ2v) is 17.1. The SMILES string of the molecule is c1ccc(-c2ccc(-c3ccc4ccccc4c3)cc2N(c2ccc(-c3ccc4c(ccc5ccccc54)c3)cc2)c2cccc(-c3cccc4c3sc3ccccc34)c2)cc1. The van der Waals surface area contributed by atoms with Crippen molar-refractivity contribution in [2.24, 2.45) is 0 Å². The first-order valence-corrected chi connectivity index (χ1v) is 22.0. The van der Waals surface area contributed by atoms with Gasteiger partial charge in [0.25, 0.3) is 0 Å². The van der Waals surface area contributed by atoms with Gasteiger partial charge in [0, 0.05) is 37.1 Å². The summed E-state index contributed by atoms with van der Waals surface area (Å²) in [6, 6.07) is 86.9. The molecule has 0 aliphatic carbocycles. The lowest BCUT2D eigenvalue weighted by atomic mass is 9.95. The van der Waals surface area contributed by atoms with Crippen molar-refractivity contribution in [2.75, 3.05) is 4.90 Å². The van der Waals surface area contributed by atoms with Gasteiger partial charge in [0.05, 0.1) is 5.69 Å². The number of anilines is 3. The van der Waals surface area contributed by atoms with E-state index in [-0.39, 0.29) is 0 Å². The molecule has 11 aromatic carbocycles. The Hall–Kier alpha value is -7.78. The van der Waals surface area contributed by atoms with Crippen LogP contribution >= 0.6 is 11.3 Å². The lowest BCUT2D eigenvalue weighted by molar-refractivity contribution is 1.28. The molecule has 0 atom stereocenters. The molecule has 2 heteroatoms. The first-order chi connectivity index (χ1) is 30.7. The van der Waals surface area contributed by atoms with Gasteiger partial charge in [-0.25, -0.2) is 0 Å². The predicted molar refractivity (Wildman–Crippen MR) is 268 cm³/mol. The molecular formula is C60H39NS. The van der Waals surface area contributed by atoms with Crippen molar-refractivity contribution < 1.29 is 0 Å². The van der Waals surface area contributed by atoms with Crippen molar-refractivity contribution in [2.45, 2.75) is 0 Å². The second-order valence-electron chi connectivity index (χ2n) is 16.1. The fraction of sp³-hybridized carbons (Fsp3) is 0. The Kier molecular flexibility index (Phi) is 8.76. The highest BCUT2D eigenvalue weighted by Gasteiger charge is 2.20. The summed E-state index contributed by atoms with van der Waals surface area (Å²) in [4.78, 5) is 2.46. The van der Waals surface area contributed by atoms with E-state index < -0.39 is 0 Å². The van der Waals surface area contributed by atoms with E-state index >= 15 is 0 Å². The van der Waals surface area contributed by atoms with E-state index in [1.54, 1.807) is 0 Å². The fourth-order valence-electron chi connectivity index (χ4n) is 9.34. The van der Waals surface area contributed by atoms with Gasteiger partial charge in [0.15, 0.2) is 0 Å². The monoisotopic (exact) mass is 805 g/mol. The van der Waals surface area contributed by atoms with Crippen LogP contribution in [0.5, 0.6) is 0 Å². The van der Waals surface area contributed by atoms with Gasteiger partial charge < -0.3 is 4.90 Å². The molecule has 0 aliphatic heterocycles. The van der Waals surface area contributed by atoms with Gasteiger partial charge in [0.2, 0.25) is 0 Å². The molecule has 1 aromatic heterocycles. The molecular weight excluding hydrogens is 767 g/mol. The molecule has 0 spiro atoms. The Morgan fingerprint density at radius 2 is 0.871 bits per heavy atom. The van der Waals surface area contributed by atoms with Crippen LogP contribution in [0.15, 0.2) is 237 Å². The number of fused-ring (bicyclic) bond motifs is 7. The van der Waals surface area contributed by atoms with Gasteiger partial charge in [-0.15, -0.1) is 11.3 Å². The minimum atomic E-state index is 1.09. The number of thiophene rings is 1. The van der Waals surface area contributed by atoms with Crippen molar-refractivity contribution >= 4 is 80.9 Å². The Balaban J connectivity index is 1.04. The summed E-state index contributed by atoms with van der Waals surface area (Å²) < 4.78 is 2.62. The molecule has 0 unspecified atom stereocenters. The van der Waals surface area contributed by atoms with Crippen LogP contribution in [0.25, 0.3) is 97.0 Å². The van der Waals surface area contributed by atoms with Crippen molar-refractivity contribution in [3.05, 3.63) is 237 Å². The molecule has 0 N–H and O–H groups in total. The highest BCUT2D eigenvalue weighted by Crippen LogP contribution is 2.46. The van der Waals surface area contributed by atoms with Gasteiger partial charge in [0.1, 0.15) is 0 Å². The maximum Gasteiger partial charge on any atom is 0.0546 e. The molecule has 0 saturated heterocycles. The number of rotatable bonds is 7. The molecule has 12 rings (SSSR count). The van der Waals surface area contributed by atoms with Crippen molar-refractivity contribution in [3.8, 4) is 44.5 Å². The van der Waals surface area contributed by atoms with Crippen LogP contribution < -0.4 is 4.90 Å². The first kappa shape index (κ1) is 36.1. The third-order valence-corrected chi connectivity index (χ3v) is 13.6. The quantitative estimate of drug-likeness (QED) is 0.145. The van der Waals surface area contributed by atoms with Gasteiger partial charge in [-0.05, 0) is 120 Å². The molecule has 1 heterocycles. The largest absolute Gasteiger partial charge is 0.310 e. The zero-order valence-electron chi connectivity index (χ0n) is 33.9. The Bertz CT molecular complexity index is 3640. The number of nitrogens with zero attached hydrogens (tertiary/aromatic N) is 1. The molecule has 290 valence electrons. The topological polar surface area (TPSA) is 3.24 Å². The Labute approximate surface area is 365 Å². The predicted octanol–water partition coefficient (Wildman–Crippen LogP) is 17.7. The summed E-state index contributed by atoms with van der Waals surface area (Å²) in [6.45, 7) is 0. The highest BCUT2D eigenvalue weighted by molar-refractivity contribution is 7.26. The standard InChI is InChI=1S/C60H39NS/c1-2-13-42(14-3-1)54-35-31-47(46-26-24-40-12-4-5-16-44(40)36-46)39-58(54)61(51-18-10-17-48(38-51)55-21-11-22-57-56-20-8-9-23-59(56)62-60(55)57)50-32-28-41(29-33-50)45-30-34-53-49(37-45)27-25-43-15-6-7-19-52(43)53/h1-39H. The van der Waals surface area contributed by atoms with Crippen molar-refractivity contribution in [1.82, 2.24) is 0 Å². The van der Waals surface area contributed by atoms with E-state index in [0.717, 1.165) is 22.6 Å². The summed E-state index contributed by atoms with van der Waals surface area (Å²) in [5.41, 5.74) is 12.8. The number of benzene rings is 11. The zero-order valence-corrected chi connectivity index (χ0v) is 34.7. The highest BCUT2D eigenvalue weighted by atomic mass is 32.1. The lowest BCUT2D eigenvalue weighted by Crippen LogP contribution is -2.11. The molecule has 1 nitrogen and oxygen atoms in total. The van der Waals surface area contributed by atoms with Crippen molar-refractivity contribution in [1.29, 1.82) is 0 Å². The van der Waals surface area contributed by atoms with Crippen LogP contribution in [0.3, 0.4) is 0 Å². The summed E-state index contributed by atoms with van der Waals surface area (Å²) in [7, 11) is 0. The van der Waals surface area contributed by atoms with E-state index in [9.17, 15) is 0 Å². The van der Waals surface area contributed by atoms with Gasteiger partial charge in [-0.3, -0.25) is 0 Å². The fourth-order valence-corrected chi connectivity index (χ4v) is 10.6. The van der Waals surface area contributed by atoms with Crippen LogP contribution in [-0.4, -0.2) is 0 Å². The zero-order chi connectivity index (χ0) is 41.0. The third kappa shape index (κ3) is 6.32. The molecule has 0 saturated carbocycles. The Morgan fingerprint density at radius 3 is 1.76 bits per heavy atom. The smallest absolute Gasteiger partial charge is 0.0546 e. The van der Waals surface area contributed by atoms with Crippen molar-refractivity contribution in [3.63, 3.8) is 0 Å². The summed E-state index contributed by atoms with van der Waals surface area (Å²) in [5.74, 6) is 0. The molecule has 0 bridgehead atoms. The van der Waals surface area contributed by atoms with Crippen LogP contribution in [0.4, 0.5) is 17.1 Å². The van der Waals surface area contributed by atoms with Gasteiger partial charge >= 0.3 is 0 Å². The average Bonchev–Trinajstić information content (AvgIpc) is 3.73. The molecule has 0 fully saturated rings. The van der Waals surface area contributed by atoms with E-state index in [1.165, 1.54) is 91.4 Å². The van der Waals surface area contributed by atoms with Gasteiger partial charge in [-0.2, -0.15) is 0 Å². The third-order valence-electron chi connectivity index (χ3n) is 12.4. The van der Waals surface area contributed by atoms with E-state index in [4.69, 9.17) is 0 Å². The summed E-state index contributed by atoms with van der Waals surface area (Å²) in [6.07, 6.45) is 0. The average molecular weight is 806 g/mol. The molecule has 62 heavy (non-hydrogen) atoms. The summed E-state index contributed by atoms with van der Waals surface area (Å²) in [5, 5.41) is 10.2. The molecule has 0 amide bonds. The van der Waals surface area contributed by atoms with Crippen LogP contribution in [0, 0.1) is 0 Å². The van der Waals surface area contributed by atoms with Crippen LogP contribution in [-0.2, 0) is 0 Å². The maximum atomic E-state index is 2.46. The van der Waals surface area contributed by atoms with E-state index in [1.807, 2.05) is 11.3 Å². The van der Waals surface area contributed by atoms with Crippen LogP contribution in [0.2, 0.25) is 0 Å². The summed E-state index contributed by atoms with van der Waals surface area (Å²) >= 11 is 1.88. The first-order valence-electron chi connectivity index (χ1n) is 21.2. The Morgan fingerprint density at radius 1 is 0.274 bits per heavy atom. The lowest BCUT2D eigenvalue weighted by Gasteiger charge is -2.29. The van der Waals surface area contributed by atoms with E-state index in [0.29, 0.717) is 0 Å². The van der Waals surface area contributed by atoms with Crippen LogP contribution in [0.1, 0.15) is 0 Å². The minimum Gasteiger partial charge on any atom is -0.310 e. The molecule has 0 aliphatic rings. The van der Waals surface area contributed by atoms with Gasteiger partial charge in [-0.1, -0.05) is 188 Å². The maximum absolute atomic E-state index is 2.46. The van der Waals surface area contributed by atoms with E-state index in [2.05, 4.69) is 241 Å². The number of hydrogen-bond donors (Lipinski definition) is 0. The molecule has 0 radical (unpaired) electrons. The molecule has 12 aromatic rings.